The first-order valence-corrected chi connectivity index (χ1v) is 6.50. The minimum Gasteiger partial charge on any atom is -0.459 e. The maximum Gasteiger partial charge on any atom is 0.326 e. The summed E-state index contributed by atoms with van der Waals surface area (Å²) < 4.78 is 5.39. The van der Waals surface area contributed by atoms with Crippen molar-refractivity contribution in [2.75, 3.05) is 0 Å². The van der Waals surface area contributed by atoms with Crippen LogP contribution in [-0.2, 0) is 16.1 Å². The summed E-state index contributed by atoms with van der Waals surface area (Å²) in [6, 6.07) is 3.96. The van der Waals surface area contributed by atoms with Crippen LogP contribution in [0.1, 0.15) is 45.9 Å². The predicted molar refractivity (Wildman–Crippen MR) is 75.7 cm³/mol. The fraction of sp³-hybridized carbons (Fsp3) is 0.600. The number of hydrogen-bond acceptors (Lipinski definition) is 4. The summed E-state index contributed by atoms with van der Waals surface area (Å²) in [5.41, 5.74) is 0.831. The fourth-order valence-electron chi connectivity index (χ4n) is 1.40. The summed E-state index contributed by atoms with van der Waals surface area (Å²) >= 11 is 0. The lowest BCUT2D eigenvalue weighted by Gasteiger charge is -2.29. The molecule has 4 heteroatoms. The molecule has 0 bridgehead atoms. The number of rotatable bonds is 4. The van der Waals surface area contributed by atoms with E-state index in [1.54, 1.807) is 0 Å². The highest BCUT2D eigenvalue weighted by molar-refractivity contribution is 5.80. The Labute approximate surface area is 115 Å². The number of carbonyl (C=O) groups is 1. The molecule has 0 aliphatic carbocycles. The average Bonchev–Trinajstić information content (AvgIpc) is 2.26. The minimum atomic E-state index is -0.724. The second kappa shape index (κ2) is 5.70. The van der Waals surface area contributed by atoms with Gasteiger partial charge in [-0.05, 0) is 53.2 Å². The summed E-state index contributed by atoms with van der Waals surface area (Å²) in [4.78, 5) is 16.3. The number of aryl methyl sites for hydroxylation is 1. The molecule has 0 amide bonds. The maximum absolute atomic E-state index is 12.1. The predicted octanol–water partition coefficient (Wildman–Crippen LogP) is 2.60. The van der Waals surface area contributed by atoms with E-state index in [4.69, 9.17) is 4.74 Å². The van der Waals surface area contributed by atoms with Crippen molar-refractivity contribution in [1.82, 2.24) is 10.3 Å². The van der Waals surface area contributed by atoms with Gasteiger partial charge in [-0.2, -0.15) is 0 Å². The van der Waals surface area contributed by atoms with Crippen molar-refractivity contribution in [3.05, 3.63) is 29.6 Å². The van der Waals surface area contributed by atoms with Gasteiger partial charge in [0.05, 0.1) is 0 Å². The smallest absolute Gasteiger partial charge is 0.326 e. The topological polar surface area (TPSA) is 51.2 Å². The summed E-state index contributed by atoms with van der Waals surface area (Å²) in [5.74, 6) is -0.250. The second-order valence-corrected chi connectivity index (χ2v) is 6.29. The molecule has 19 heavy (non-hydrogen) atoms. The molecule has 0 atom stereocenters. The normalized spacial score (nSPS) is 12.3. The molecule has 1 aromatic heterocycles. The number of ether oxygens (including phenoxy) is 1. The lowest BCUT2D eigenvalue weighted by molar-refractivity contribution is -0.161. The zero-order valence-electron chi connectivity index (χ0n) is 12.7. The number of esters is 1. The summed E-state index contributed by atoms with van der Waals surface area (Å²) in [7, 11) is 0. The van der Waals surface area contributed by atoms with Crippen LogP contribution < -0.4 is 5.32 Å². The molecule has 0 fully saturated rings. The highest BCUT2D eigenvalue weighted by Gasteiger charge is 2.31. The van der Waals surface area contributed by atoms with Gasteiger partial charge >= 0.3 is 5.97 Å². The molecule has 0 aliphatic rings. The Kier molecular flexibility index (Phi) is 4.69. The highest BCUT2D eigenvalue weighted by atomic mass is 16.6. The number of nitrogens with one attached hydrogen (secondary N) is 1. The van der Waals surface area contributed by atoms with Crippen LogP contribution in [0.3, 0.4) is 0 Å². The van der Waals surface area contributed by atoms with E-state index in [-0.39, 0.29) is 5.97 Å². The van der Waals surface area contributed by atoms with Gasteiger partial charge in [0, 0.05) is 18.4 Å². The monoisotopic (exact) mass is 264 g/mol. The quantitative estimate of drug-likeness (QED) is 0.849. The molecular formula is C15H24N2O2. The lowest BCUT2D eigenvalue weighted by atomic mass is 10.0. The van der Waals surface area contributed by atoms with Gasteiger partial charge < -0.3 is 4.74 Å². The van der Waals surface area contributed by atoms with Gasteiger partial charge in [0.1, 0.15) is 11.1 Å². The first-order chi connectivity index (χ1) is 8.60. The van der Waals surface area contributed by atoms with E-state index in [0.29, 0.717) is 6.54 Å². The molecule has 4 nitrogen and oxygen atoms in total. The van der Waals surface area contributed by atoms with E-state index in [9.17, 15) is 4.79 Å². The Morgan fingerprint density at radius 1 is 1.26 bits per heavy atom. The molecular weight excluding hydrogens is 240 g/mol. The Hall–Kier alpha value is -1.42. The van der Waals surface area contributed by atoms with Gasteiger partial charge in [0.15, 0.2) is 0 Å². The van der Waals surface area contributed by atoms with Crippen LogP contribution in [0.2, 0.25) is 0 Å². The van der Waals surface area contributed by atoms with Crippen LogP contribution in [-0.4, -0.2) is 22.1 Å². The van der Waals surface area contributed by atoms with Crippen molar-refractivity contribution in [1.29, 1.82) is 0 Å². The van der Waals surface area contributed by atoms with Crippen LogP contribution >= 0.6 is 0 Å². The zero-order chi connectivity index (χ0) is 14.7. The van der Waals surface area contributed by atoms with Gasteiger partial charge in [0.25, 0.3) is 0 Å². The molecule has 0 spiro atoms. The van der Waals surface area contributed by atoms with Crippen molar-refractivity contribution in [3.63, 3.8) is 0 Å². The number of carbonyl (C=O) groups excluding carboxylic acids is 1. The van der Waals surface area contributed by atoms with E-state index in [1.165, 1.54) is 0 Å². The van der Waals surface area contributed by atoms with Crippen LogP contribution in [0, 0.1) is 6.92 Å². The third-order valence-corrected chi connectivity index (χ3v) is 2.62. The van der Waals surface area contributed by atoms with E-state index >= 15 is 0 Å². The van der Waals surface area contributed by atoms with E-state index in [2.05, 4.69) is 10.3 Å². The van der Waals surface area contributed by atoms with Gasteiger partial charge in [-0.15, -0.1) is 0 Å². The van der Waals surface area contributed by atoms with E-state index in [0.717, 1.165) is 11.3 Å². The van der Waals surface area contributed by atoms with Crippen LogP contribution in [0.5, 0.6) is 0 Å². The minimum absolute atomic E-state index is 0.250. The van der Waals surface area contributed by atoms with E-state index < -0.39 is 11.1 Å². The van der Waals surface area contributed by atoms with Crippen LogP contribution in [0.4, 0.5) is 0 Å². The van der Waals surface area contributed by atoms with Crippen LogP contribution in [0.15, 0.2) is 18.3 Å². The third-order valence-electron chi connectivity index (χ3n) is 2.62. The van der Waals surface area contributed by atoms with Gasteiger partial charge in [-0.1, -0.05) is 6.07 Å². The Bertz CT molecular complexity index is 430. The lowest BCUT2D eigenvalue weighted by Crippen LogP contribution is -2.49. The number of aromatic nitrogens is 1. The summed E-state index contributed by atoms with van der Waals surface area (Å²) in [6.07, 6.45) is 1.81. The van der Waals surface area contributed by atoms with Crippen molar-refractivity contribution in [2.24, 2.45) is 0 Å². The second-order valence-electron chi connectivity index (χ2n) is 6.29. The van der Waals surface area contributed by atoms with Gasteiger partial charge in [0.2, 0.25) is 0 Å². The molecule has 1 aromatic rings. The Morgan fingerprint density at radius 3 is 2.37 bits per heavy atom. The van der Waals surface area contributed by atoms with Crippen LogP contribution in [0.25, 0.3) is 0 Å². The molecule has 0 aliphatic heterocycles. The maximum atomic E-state index is 12.1. The molecule has 1 N–H and O–H groups in total. The number of hydrogen-bond donors (Lipinski definition) is 1. The molecule has 1 rings (SSSR count). The zero-order valence-corrected chi connectivity index (χ0v) is 12.7. The molecule has 0 saturated heterocycles. The first kappa shape index (κ1) is 15.6. The molecule has 106 valence electrons. The molecule has 0 aromatic carbocycles. The SMILES string of the molecule is Cc1ccc(CNC(C)(C)C(=O)OC(C)(C)C)cn1. The van der Waals surface area contributed by atoms with Crippen molar-refractivity contribution in [2.45, 2.75) is 59.2 Å². The number of nitrogens with zero attached hydrogens (tertiary/aromatic N) is 1. The number of pyridine rings is 1. The molecule has 0 unspecified atom stereocenters. The molecule has 0 radical (unpaired) electrons. The third kappa shape index (κ3) is 5.39. The van der Waals surface area contributed by atoms with E-state index in [1.807, 2.05) is 59.9 Å². The average molecular weight is 264 g/mol. The fourth-order valence-corrected chi connectivity index (χ4v) is 1.40. The summed E-state index contributed by atoms with van der Waals surface area (Å²) in [6.45, 7) is 11.8. The highest BCUT2D eigenvalue weighted by Crippen LogP contribution is 2.14. The molecule has 0 saturated carbocycles. The Morgan fingerprint density at radius 2 is 1.89 bits per heavy atom. The van der Waals surface area contributed by atoms with Gasteiger partial charge in [-0.25, -0.2) is 0 Å². The molecule has 1 heterocycles. The van der Waals surface area contributed by atoms with Crippen molar-refractivity contribution >= 4 is 5.97 Å². The van der Waals surface area contributed by atoms with Gasteiger partial charge in [-0.3, -0.25) is 15.1 Å². The van der Waals surface area contributed by atoms with Crippen molar-refractivity contribution in [3.8, 4) is 0 Å². The largest absolute Gasteiger partial charge is 0.459 e. The van der Waals surface area contributed by atoms with Crippen molar-refractivity contribution < 1.29 is 9.53 Å². The first-order valence-electron chi connectivity index (χ1n) is 6.50. The Balaban J connectivity index is 2.59. The summed E-state index contributed by atoms with van der Waals surface area (Å²) in [5, 5.41) is 3.20. The standard InChI is InChI=1S/C15H24N2O2/c1-11-7-8-12(9-16-11)10-17-15(5,6)13(18)19-14(2,3)4/h7-9,17H,10H2,1-6H3.